The van der Waals surface area contributed by atoms with Crippen LogP contribution in [0.1, 0.15) is 21.2 Å². The second-order valence-electron chi connectivity index (χ2n) is 3.67. The van der Waals surface area contributed by atoms with Gasteiger partial charge in [0.1, 0.15) is 0 Å². The summed E-state index contributed by atoms with van der Waals surface area (Å²) in [7, 11) is 0. The number of rotatable bonds is 3. The molecular formula is C14H13IO. The lowest BCUT2D eigenvalue weighted by Crippen LogP contribution is -2.04. The van der Waals surface area contributed by atoms with Crippen LogP contribution in [-0.4, -0.2) is 5.11 Å². The van der Waals surface area contributed by atoms with Crippen molar-refractivity contribution in [3.8, 4) is 0 Å². The third-order valence-corrected chi connectivity index (χ3v) is 3.94. The van der Waals surface area contributed by atoms with Crippen LogP contribution >= 0.6 is 22.6 Å². The SMILES string of the molecule is O[C@H](c1ccccc1)[C@@H](I)c1ccccc1. The molecule has 0 aliphatic heterocycles. The van der Waals surface area contributed by atoms with E-state index in [9.17, 15) is 5.11 Å². The standard InChI is InChI=1S/C14H13IO/c15-13(11-7-3-1-4-8-11)14(16)12-9-5-2-6-10-12/h1-10,13-14,16H/t13-,14+/m0/s1. The maximum atomic E-state index is 10.2. The van der Waals surface area contributed by atoms with E-state index in [0.717, 1.165) is 11.1 Å². The van der Waals surface area contributed by atoms with Crippen molar-refractivity contribution >= 4 is 22.6 Å². The van der Waals surface area contributed by atoms with E-state index in [1.807, 2.05) is 60.7 Å². The zero-order valence-corrected chi connectivity index (χ0v) is 10.9. The summed E-state index contributed by atoms with van der Waals surface area (Å²) in [6.45, 7) is 0. The van der Waals surface area contributed by atoms with Crippen LogP contribution < -0.4 is 0 Å². The molecule has 2 aromatic rings. The van der Waals surface area contributed by atoms with E-state index in [0.29, 0.717) is 0 Å². The minimum Gasteiger partial charge on any atom is -0.387 e. The van der Waals surface area contributed by atoms with Crippen LogP contribution in [0, 0.1) is 0 Å². The predicted molar refractivity (Wildman–Crippen MR) is 74.6 cm³/mol. The zero-order chi connectivity index (χ0) is 11.4. The van der Waals surface area contributed by atoms with Crippen LogP contribution in [0.4, 0.5) is 0 Å². The lowest BCUT2D eigenvalue weighted by molar-refractivity contribution is 0.180. The Morgan fingerprint density at radius 3 is 1.69 bits per heavy atom. The van der Waals surface area contributed by atoms with Crippen LogP contribution in [-0.2, 0) is 0 Å². The molecule has 2 rings (SSSR count). The highest BCUT2D eigenvalue weighted by atomic mass is 127. The predicted octanol–water partition coefficient (Wildman–Crippen LogP) is 3.90. The van der Waals surface area contributed by atoms with Gasteiger partial charge in [-0.3, -0.25) is 0 Å². The summed E-state index contributed by atoms with van der Waals surface area (Å²) in [6, 6.07) is 19.9. The Hall–Kier alpha value is -0.870. The highest BCUT2D eigenvalue weighted by Gasteiger charge is 2.18. The molecule has 0 bridgehead atoms. The number of alkyl halides is 1. The van der Waals surface area contributed by atoms with Crippen molar-refractivity contribution in [1.82, 2.24) is 0 Å². The molecule has 1 N–H and O–H groups in total. The maximum absolute atomic E-state index is 10.2. The molecule has 0 amide bonds. The Bertz CT molecular complexity index is 384. The molecule has 1 nitrogen and oxygen atoms in total. The number of hydrogen-bond donors (Lipinski definition) is 1. The first-order chi connectivity index (χ1) is 7.79. The summed E-state index contributed by atoms with van der Waals surface area (Å²) in [6.07, 6.45) is -0.454. The fraction of sp³-hybridized carbons (Fsp3) is 0.143. The number of hydrogen-bond acceptors (Lipinski definition) is 1. The number of halogens is 1. The van der Waals surface area contributed by atoms with Crippen molar-refractivity contribution in [2.24, 2.45) is 0 Å². The molecule has 0 aromatic heterocycles. The van der Waals surface area contributed by atoms with Gasteiger partial charge >= 0.3 is 0 Å². The fourth-order valence-corrected chi connectivity index (χ4v) is 2.47. The fourth-order valence-electron chi connectivity index (χ4n) is 1.64. The van der Waals surface area contributed by atoms with Crippen LogP contribution in [0.15, 0.2) is 60.7 Å². The summed E-state index contributed by atoms with van der Waals surface area (Å²) in [5.74, 6) is 0. The summed E-state index contributed by atoms with van der Waals surface area (Å²) < 4.78 is 0.0844. The van der Waals surface area contributed by atoms with Crippen molar-refractivity contribution in [2.45, 2.75) is 10.0 Å². The third-order valence-electron chi connectivity index (χ3n) is 2.54. The van der Waals surface area contributed by atoms with Crippen molar-refractivity contribution in [2.75, 3.05) is 0 Å². The van der Waals surface area contributed by atoms with Gasteiger partial charge in [0.2, 0.25) is 0 Å². The maximum Gasteiger partial charge on any atom is 0.0948 e. The summed E-state index contributed by atoms with van der Waals surface area (Å²) in [5, 5.41) is 10.2. The number of aliphatic hydroxyl groups is 1. The normalized spacial score (nSPS) is 14.4. The molecule has 0 saturated carbocycles. The molecule has 82 valence electrons. The minimum absolute atomic E-state index is 0.0844. The van der Waals surface area contributed by atoms with Gasteiger partial charge in [0, 0.05) is 0 Å². The van der Waals surface area contributed by atoms with Crippen LogP contribution in [0.3, 0.4) is 0 Å². The van der Waals surface area contributed by atoms with E-state index >= 15 is 0 Å². The van der Waals surface area contributed by atoms with Gasteiger partial charge in [-0.1, -0.05) is 83.3 Å². The van der Waals surface area contributed by atoms with Crippen molar-refractivity contribution in [3.05, 3.63) is 71.8 Å². The van der Waals surface area contributed by atoms with Gasteiger partial charge < -0.3 is 5.11 Å². The minimum atomic E-state index is -0.454. The van der Waals surface area contributed by atoms with Gasteiger partial charge in [-0.05, 0) is 11.1 Å². The largest absolute Gasteiger partial charge is 0.387 e. The second kappa shape index (κ2) is 5.46. The van der Waals surface area contributed by atoms with Gasteiger partial charge in [0.15, 0.2) is 0 Å². The molecule has 0 fully saturated rings. The first-order valence-corrected chi connectivity index (χ1v) is 6.45. The average molecular weight is 324 g/mol. The smallest absolute Gasteiger partial charge is 0.0948 e. The highest BCUT2D eigenvalue weighted by Crippen LogP contribution is 2.36. The van der Waals surface area contributed by atoms with Crippen LogP contribution in [0.25, 0.3) is 0 Å². The zero-order valence-electron chi connectivity index (χ0n) is 8.75. The van der Waals surface area contributed by atoms with Crippen molar-refractivity contribution in [1.29, 1.82) is 0 Å². The van der Waals surface area contributed by atoms with Crippen LogP contribution in [0.5, 0.6) is 0 Å². The van der Waals surface area contributed by atoms with Crippen molar-refractivity contribution < 1.29 is 5.11 Å². The molecule has 2 heteroatoms. The van der Waals surface area contributed by atoms with Gasteiger partial charge in [-0.15, -0.1) is 0 Å². The van der Waals surface area contributed by atoms with E-state index < -0.39 is 6.10 Å². The Balaban J connectivity index is 2.20. The highest BCUT2D eigenvalue weighted by molar-refractivity contribution is 14.1. The van der Waals surface area contributed by atoms with Gasteiger partial charge in [0.05, 0.1) is 10.0 Å². The molecule has 0 unspecified atom stereocenters. The molecule has 16 heavy (non-hydrogen) atoms. The first-order valence-electron chi connectivity index (χ1n) is 5.21. The third kappa shape index (κ3) is 2.62. The quantitative estimate of drug-likeness (QED) is 0.671. The number of benzene rings is 2. The first kappa shape index (κ1) is 11.6. The molecular weight excluding hydrogens is 311 g/mol. The topological polar surface area (TPSA) is 20.2 Å². The van der Waals surface area contributed by atoms with Gasteiger partial charge in [-0.25, -0.2) is 0 Å². The molecule has 2 aromatic carbocycles. The molecule has 0 saturated heterocycles. The summed E-state index contributed by atoms with van der Waals surface area (Å²) in [4.78, 5) is 0. The average Bonchev–Trinajstić information content (AvgIpc) is 2.39. The lowest BCUT2D eigenvalue weighted by Gasteiger charge is -2.18. The number of aliphatic hydroxyl groups excluding tert-OH is 1. The Kier molecular flexibility index (Phi) is 3.96. The molecule has 0 aliphatic rings. The van der Waals surface area contributed by atoms with Gasteiger partial charge in [0.25, 0.3) is 0 Å². The summed E-state index contributed by atoms with van der Waals surface area (Å²) in [5.41, 5.74) is 2.12. The molecule has 0 radical (unpaired) electrons. The Morgan fingerprint density at radius 2 is 1.19 bits per heavy atom. The van der Waals surface area contributed by atoms with E-state index in [-0.39, 0.29) is 3.92 Å². The Morgan fingerprint density at radius 1 is 0.750 bits per heavy atom. The van der Waals surface area contributed by atoms with E-state index in [1.165, 1.54) is 0 Å². The lowest BCUT2D eigenvalue weighted by atomic mass is 10.0. The van der Waals surface area contributed by atoms with Crippen molar-refractivity contribution in [3.63, 3.8) is 0 Å². The van der Waals surface area contributed by atoms with E-state index in [1.54, 1.807) is 0 Å². The second-order valence-corrected chi connectivity index (χ2v) is 5.01. The molecule has 0 aliphatic carbocycles. The Labute approximate surface area is 109 Å². The van der Waals surface area contributed by atoms with Gasteiger partial charge in [-0.2, -0.15) is 0 Å². The molecule has 0 spiro atoms. The summed E-state index contributed by atoms with van der Waals surface area (Å²) >= 11 is 2.29. The van der Waals surface area contributed by atoms with E-state index in [4.69, 9.17) is 0 Å². The van der Waals surface area contributed by atoms with Crippen LogP contribution in [0.2, 0.25) is 0 Å². The molecule has 0 heterocycles. The molecule has 2 atom stereocenters. The van der Waals surface area contributed by atoms with E-state index in [2.05, 4.69) is 22.6 Å². The monoisotopic (exact) mass is 324 g/mol.